The van der Waals surface area contributed by atoms with Crippen molar-refractivity contribution in [3.63, 3.8) is 0 Å². The average Bonchev–Trinajstić information content (AvgIpc) is 2.48. The van der Waals surface area contributed by atoms with E-state index in [1.165, 1.54) is 6.08 Å². The van der Waals surface area contributed by atoms with Crippen LogP contribution in [0.15, 0.2) is 6.08 Å². The van der Waals surface area contributed by atoms with E-state index in [2.05, 4.69) is 10.4 Å². The lowest BCUT2D eigenvalue weighted by molar-refractivity contribution is -0.116. The molecule has 16 heavy (non-hydrogen) atoms. The summed E-state index contributed by atoms with van der Waals surface area (Å²) < 4.78 is 1.58. The number of hydrogen-bond acceptors (Lipinski definition) is 2. The fraction of sp³-hybridized carbons (Fsp3) is 0.455. The number of halogens is 1. The van der Waals surface area contributed by atoms with Gasteiger partial charge in [0.15, 0.2) is 0 Å². The maximum absolute atomic E-state index is 11.3. The Bertz CT molecular complexity index is 410. The van der Waals surface area contributed by atoms with E-state index in [9.17, 15) is 4.79 Å². The Morgan fingerprint density at radius 1 is 1.62 bits per heavy atom. The van der Waals surface area contributed by atoms with Crippen molar-refractivity contribution in [3.8, 4) is 0 Å². The minimum Gasteiger partial charge on any atom is -0.353 e. The summed E-state index contributed by atoms with van der Waals surface area (Å²) in [4.78, 5) is 11.3. The van der Waals surface area contributed by atoms with E-state index in [-0.39, 0.29) is 5.91 Å². The van der Waals surface area contributed by atoms with Crippen LogP contribution in [0, 0.1) is 6.92 Å². The molecule has 0 spiro atoms. The van der Waals surface area contributed by atoms with Crippen LogP contribution in [0.1, 0.15) is 24.6 Å². The quantitative estimate of drug-likeness (QED) is 0.819. The minimum absolute atomic E-state index is 0.110. The van der Waals surface area contributed by atoms with Gasteiger partial charge in [0.05, 0.1) is 5.69 Å². The second-order valence-electron chi connectivity index (χ2n) is 3.54. The Balaban J connectivity index is 2.72. The minimum atomic E-state index is -0.110. The zero-order valence-electron chi connectivity index (χ0n) is 9.75. The smallest absolute Gasteiger partial charge is 0.244 e. The summed E-state index contributed by atoms with van der Waals surface area (Å²) in [6, 6.07) is 0. The van der Waals surface area contributed by atoms with E-state index in [1.807, 2.05) is 13.8 Å². The molecule has 0 aromatic carbocycles. The first-order valence-electron chi connectivity index (χ1n) is 5.21. The first-order valence-corrected chi connectivity index (χ1v) is 5.59. The first kappa shape index (κ1) is 12.8. The number of rotatable bonds is 4. The Hall–Kier alpha value is -1.29. The molecule has 0 aliphatic heterocycles. The summed E-state index contributed by atoms with van der Waals surface area (Å²) in [5.74, 6) is -0.110. The zero-order valence-corrected chi connectivity index (χ0v) is 10.5. The van der Waals surface area contributed by atoms with Crippen molar-refractivity contribution in [2.24, 2.45) is 7.05 Å². The highest BCUT2D eigenvalue weighted by Gasteiger charge is 2.07. The fourth-order valence-electron chi connectivity index (χ4n) is 1.30. The van der Waals surface area contributed by atoms with Gasteiger partial charge in [-0.05, 0) is 19.4 Å². The van der Waals surface area contributed by atoms with Gasteiger partial charge < -0.3 is 5.32 Å². The van der Waals surface area contributed by atoms with Crippen LogP contribution in [-0.4, -0.2) is 22.2 Å². The molecule has 1 amide bonds. The topological polar surface area (TPSA) is 46.9 Å². The summed E-state index contributed by atoms with van der Waals surface area (Å²) in [5.41, 5.74) is 1.60. The molecule has 0 fully saturated rings. The molecule has 1 aromatic heterocycles. The number of aryl methyl sites for hydroxylation is 2. The van der Waals surface area contributed by atoms with Crippen LogP contribution >= 0.6 is 11.6 Å². The molecular formula is C11H16ClN3O. The van der Waals surface area contributed by atoms with Crippen molar-refractivity contribution >= 4 is 23.6 Å². The van der Waals surface area contributed by atoms with Crippen molar-refractivity contribution in [3.05, 3.63) is 22.5 Å². The van der Waals surface area contributed by atoms with E-state index >= 15 is 0 Å². The lowest BCUT2D eigenvalue weighted by Gasteiger charge is -1.97. The van der Waals surface area contributed by atoms with Crippen molar-refractivity contribution < 1.29 is 4.79 Å². The van der Waals surface area contributed by atoms with Gasteiger partial charge in [0.2, 0.25) is 5.91 Å². The number of carbonyl (C=O) groups excluding carboxylic acids is 1. The average molecular weight is 242 g/mol. The summed E-state index contributed by atoms with van der Waals surface area (Å²) in [5, 5.41) is 7.44. The van der Waals surface area contributed by atoms with Gasteiger partial charge in [0.25, 0.3) is 0 Å². The van der Waals surface area contributed by atoms with Crippen molar-refractivity contribution in [2.75, 3.05) is 6.54 Å². The Morgan fingerprint density at radius 3 is 2.81 bits per heavy atom. The van der Waals surface area contributed by atoms with E-state index in [4.69, 9.17) is 11.6 Å². The summed E-state index contributed by atoms with van der Waals surface area (Å²) in [7, 11) is 1.77. The van der Waals surface area contributed by atoms with E-state index < -0.39 is 0 Å². The molecule has 0 saturated heterocycles. The van der Waals surface area contributed by atoms with Crippen LogP contribution in [0.2, 0.25) is 5.15 Å². The highest BCUT2D eigenvalue weighted by atomic mass is 35.5. The molecule has 0 aliphatic rings. The molecule has 1 aromatic rings. The highest BCUT2D eigenvalue weighted by molar-refractivity contribution is 6.31. The lowest BCUT2D eigenvalue weighted by atomic mass is 10.2. The third kappa shape index (κ3) is 3.10. The summed E-state index contributed by atoms with van der Waals surface area (Å²) >= 11 is 6.02. The monoisotopic (exact) mass is 241 g/mol. The molecule has 88 valence electrons. The predicted octanol–water partition coefficient (Wildman–Crippen LogP) is 1.92. The first-order chi connectivity index (χ1) is 7.56. The van der Waals surface area contributed by atoms with Gasteiger partial charge in [-0.3, -0.25) is 9.48 Å². The molecule has 0 saturated carbocycles. The lowest BCUT2D eigenvalue weighted by Crippen LogP contribution is -2.21. The van der Waals surface area contributed by atoms with Crippen LogP contribution in [0.3, 0.4) is 0 Å². The van der Waals surface area contributed by atoms with Crippen LogP contribution in [0.4, 0.5) is 0 Å². The number of nitrogens with zero attached hydrogens (tertiary/aromatic N) is 2. The molecule has 0 unspecified atom stereocenters. The molecule has 0 bridgehead atoms. The number of nitrogens with one attached hydrogen (secondary N) is 1. The molecule has 0 radical (unpaired) electrons. The van der Waals surface area contributed by atoms with Gasteiger partial charge in [-0.25, -0.2) is 0 Å². The van der Waals surface area contributed by atoms with Gasteiger partial charge in [0, 0.05) is 25.2 Å². The van der Waals surface area contributed by atoms with Gasteiger partial charge in [-0.1, -0.05) is 18.5 Å². The summed E-state index contributed by atoms with van der Waals surface area (Å²) in [6.45, 7) is 4.55. The number of hydrogen-bond donors (Lipinski definition) is 1. The number of carbonyl (C=O) groups is 1. The molecule has 0 atom stereocenters. The van der Waals surface area contributed by atoms with Gasteiger partial charge in [-0.2, -0.15) is 5.10 Å². The third-order valence-corrected chi connectivity index (χ3v) is 2.59. The summed E-state index contributed by atoms with van der Waals surface area (Å²) in [6.07, 6.45) is 4.09. The maximum Gasteiger partial charge on any atom is 0.244 e. The molecule has 5 heteroatoms. The van der Waals surface area contributed by atoms with Crippen molar-refractivity contribution in [1.82, 2.24) is 15.1 Å². The third-order valence-electron chi connectivity index (χ3n) is 2.15. The Labute approximate surface area is 100 Å². The Morgan fingerprint density at radius 2 is 2.31 bits per heavy atom. The van der Waals surface area contributed by atoms with Crippen molar-refractivity contribution in [1.29, 1.82) is 0 Å². The van der Waals surface area contributed by atoms with Crippen molar-refractivity contribution in [2.45, 2.75) is 20.3 Å². The van der Waals surface area contributed by atoms with Crippen LogP contribution in [0.25, 0.3) is 6.08 Å². The molecule has 1 heterocycles. The second kappa shape index (κ2) is 5.70. The standard InChI is InChI=1S/C11H16ClN3O/c1-4-7-13-10(16)6-5-9-8(2)14-15(3)11(9)12/h5-6H,4,7H2,1-3H3,(H,13,16)/b6-5+. The second-order valence-corrected chi connectivity index (χ2v) is 3.90. The maximum atomic E-state index is 11.3. The Kier molecular flexibility index (Phi) is 4.55. The van der Waals surface area contributed by atoms with Gasteiger partial charge >= 0.3 is 0 Å². The normalized spacial score (nSPS) is 11.0. The molecule has 1 N–H and O–H groups in total. The highest BCUT2D eigenvalue weighted by Crippen LogP contribution is 2.19. The largest absolute Gasteiger partial charge is 0.353 e. The van der Waals surface area contributed by atoms with Crippen LogP contribution in [0.5, 0.6) is 0 Å². The molecule has 4 nitrogen and oxygen atoms in total. The molecule has 1 rings (SSSR count). The van der Waals surface area contributed by atoms with Gasteiger partial charge in [0.1, 0.15) is 5.15 Å². The number of amides is 1. The zero-order chi connectivity index (χ0) is 12.1. The van der Waals surface area contributed by atoms with Crippen LogP contribution in [-0.2, 0) is 11.8 Å². The van der Waals surface area contributed by atoms with E-state index in [1.54, 1.807) is 17.8 Å². The van der Waals surface area contributed by atoms with Crippen LogP contribution < -0.4 is 5.32 Å². The predicted molar refractivity (Wildman–Crippen MR) is 65.3 cm³/mol. The van der Waals surface area contributed by atoms with E-state index in [0.717, 1.165) is 17.7 Å². The SMILES string of the molecule is CCCNC(=O)/C=C/c1c(C)nn(C)c1Cl. The number of aromatic nitrogens is 2. The molecule has 0 aliphatic carbocycles. The van der Waals surface area contributed by atoms with Gasteiger partial charge in [-0.15, -0.1) is 0 Å². The molecular weight excluding hydrogens is 226 g/mol. The van der Waals surface area contributed by atoms with E-state index in [0.29, 0.717) is 11.7 Å². The fourth-order valence-corrected chi connectivity index (χ4v) is 1.54.